The molecule has 4 aliphatic rings. The highest BCUT2D eigenvalue weighted by molar-refractivity contribution is 9.12. The number of fused-ring (bicyclic) bond motifs is 2. The molecule has 2 fully saturated rings. The number of aryl methyl sites for hydroxylation is 2. The summed E-state index contributed by atoms with van der Waals surface area (Å²) < 4.78 is 2.35. The third-order valence-electron chi connectivity index (χ3n) is 8.99. The van der Waals surface area contributed by atoms with Gasteiger partial charge in [0.05, 0.1) is 6.04 Å². The normalized spacial score (nSPS) is 23.7. The van der Waals surface area contributed by atoms with Crippen molar-refractivity contribution in [3.8, 4) is 0 Å². The van der Waals surface area contributed by atoms with Gasteiger partial charge in [-0.2, -0.15) is 0 Å². The van der Waals surface area contributed by atoms with Crippen LogP contribution in [-0.4, -0.2) is 53.8 Å². The van der Waals surface area contributed by atoms with E-state index >= 15 is 0 Å². The number of carbonyl (C=O) groups excluding carboxylic acids is 2. The maximum atomic E-state index is 13.2. The average molecular weight is 664 g/mol. The van der Waals surface area contributed by atoms with Gasteiger partial charge in [-0.05, 0) is 108 Å². The molecule has 3 aliphatic heterocycles. The average Bonchev–Trinajstić information content (AvgIpc) is 3.11. The molecule has 0 saturated carbocycles. The van der Waals surface area contributed by atoms with E-state index < -0.39 is 0 Å². The zero-order valence-corrected chi connectivity index (χ0v) is 27.2. The summed E-state index contributed by atoms with van der Waals surface area (Å²) in [5.41, 5.74) is 5.72. The molecule has 1 aromatic rings. The summed E-state index contributed by atoms with van der Waals surface area (Å²) in [5.74, 6) is 1.85. The Morgan fingerprint density at radius 3 is 2.26 bits per heavy atom. The quantitative estimate of drug-likeness (QED) is 0.370. The molecule has 214 valence electrons. The summed E-state index contributed by atoms with van der Waals surface area (Å²) in [4.78, 5) is 29.3. The van der Waals surface area contributed by atoms with Crippen molar-refractivity contribution in [3.63, 3.8) is 0 Å². The van der Waals surface area contributed by atoms with Crippen LogP contribution in [0.1, 0.15) is 88.3 Å². The van der Waals surface area contributed by atoms with E-state index in [2.05, 4.69) is 73.4 Å². The number of piperidine rings is 2. The first-order valence-electron chi connectivity index (χ1n) is 15.0. The van der Waals surface area contributed by atoms with Crippen LogP contribution in [0.2, 0.25) is 0 Å². The molecule has 0 aromatic heterocycles. The number of dihydropyridines is 1. The topological polar surface area (TPSA) is 52.7 Å². The van der Waals surface area contributed by atoms with Crippen LogP contribution in [0.5, 0.6) is 0 Å². The molecule has 39 heavy (non-hydrogen) atoms. The van der Waals surface area contributed by atoms with Gasteiger partial charge < -0.3 is 15.1 Å². The molecule has 3 heterocycles. The highest BCUT2D eigenvalue weighted by Gasteiger charge is 2.40. The van der Waals surface area contributed by atoms with Gasteiger partial charge in [0.15, 0.2) is 0 Å². The van der Waals surface area contributed by atoms with E-state index in [-0.39, 0.29) is 5.91 Å². The number of likely N-dealkylation sites (tertiary alicyclic amines) is 2. The molecule has 1 aromatic carbocycles. The largest absolute Gasteiger partial charge is 0.383 e. The maximum absolute atomic E-state index is 13.2. The van der Waals surface area contributed by atoms with Crippen molar-refractivity contribution in [2.24, 2.45) is 11.8 Å². The number of rotatable bonds is 4. The third-order valence-corrected chi connectivity index (χ3v) is 10.1. The van der Waals surface area contributed by atoms with Crippen LogP contribution in [0, 0.1) is 18.8 Å². The number of nitrogens with zero attached hydrogens (tertiary/aromatic N) is 2. The molecule has 1 unspecified atom stereocenters. The molecular formula is C32H45Br2N3O2. The zero-order chi connectivity index (χ0) is 28.1. The molecule has 0 spiro atoms. The zero-order valence-electron chi connectivity index (χ0n) is 24.1. The number of hydrogen-bond acceptors (Lipinski definition) is 3. The lowest BCUT2D eigenvalue weighted by Gasteiger charge is -2.41. The second-order valence-corrected chi connectivity index (χ2v) is 13.1. The van der Waals surface area contributed by atoms with Gasteiger partial charge in [-0.15, -0.1) is 0 Å². The van der Waals surface area contributed by atoms with Crippen LogP contribution >= 0.6 is 31.9 Å². The van der Waals surface area contributed by atoms with Crippen LogP contribution in [0.3, 0.4) is 0 Å². The van der Waals surface area contributed by atoms with Crippen LogP contribution in [0.15, 0.2) is 38.9 Å². The number of carbonyl (C=O) groups is 2. The molecule has 0 radical (unpaired) electrons. The van der Waals surface area contributed by atoms with Crippen LogP contribution in [-0.2, 0) is 16.0 Å². The third kappa shape index (κ3) is 7.01. The van der Waals surface area contributed by atoms with Gasteiger partial charge in [0.25, 0.3) is 0 Å². The predicted octanol–water partition coefficient (Wildman–Crippen LogP) is 7.23. The first-order chi connectivity index (χ1) is 18.8. The minimum Gasteiger partial charge on any atom is -0.383 e. The van der Waals surface area contributed by atoms with Crippen molar-refractivity contribution >= 4 is 43.7 Å². The summed E-state index contributed by atoms with van der Waals surface area (Å²) >= 11 is 7.63. The number of allylic oxidation sites excluding steroid dienone is 2. The van der Waals surface area contributed by atoms with Gasteiger partial charge in [0.2, 0.25) is 11.8 Å². The van der Waals surface area contributed by atoms with Gasteiger partial charge >= 0.3 is 0 Å². The SMILES string of the molecule is CC.CCC(=O)N1CCC(CC(=O)N2CCC([C@@H]3c4c(Br)cc(C)cc4CCC4=CC(Br)=CNC43)CC2)CC1. The molecule has 2 amide bonds. The molecule has 1 aliphatic carbocycles. The monoisotopic (exact) mass is 661 g/mol. The van der Waals surface area contributed by atoms with Gasteiger partial charge in [0, 0.05) is 60.1 Å². The van der Waals surface area contributed by atoms with E-state index in [0.29, 0.717) is 42.5 Å². The highest BCUT2D eigenvalue weighted by atomic mass is 79.9. The van der Waals surface area contributed by atoms with E-state index in [1.165, 1.54) is 26.7 Å². The minimum absolute atomic E-state index is 0.238. The summed E-state index contributed by atoms with van der Waals surface area (Å²) in [6.07, 6.45) is 11.7. The Bertz CT molecular complexity index is 1100. The van der Waals surface area contributed by atoms with Crippen molar-refractivity contribution in [1.82, 2.24) is 15.1 Å². The van der Waals surface area contributed by atoms with Crippen LogP contribution in [0.25, 0.3) is 0 Å². The second kappa shape index (κ2) is 13.8. The molecular weight excluding hydrogens is 618 g/mol. The van der Waals surface area contributed by atoms with Crippen molar-refractivity contribution in [2.45, 2.75) is 91.0 Å². The number of amides is 2. The van der Waals surface area contributed by atoms with Crippen LogP contribution < -0.4 is 5.32 Å². The molecule has 7 heteroatoms. The molecule has 1 N–H and O–H groups in total. The Hall–Kier alpha value is -1.60. The lowest BCUT2D eigenvalue weighted by molar-refractivity contribution is -0.135. The Labute approximate surface area is 252 Å². The van der Waals surface area contributed by atoms with Crippen LogP contribution in [0.4, 0.5) is 0 Å². The summed E-state index contributed by atoms with van der Waals surface area (Å²) in [6.45, 7) is 11.4. The van der Waals surface area contributed by atoms with Gasteiger partial charge in [0.1, 0.15) is 0 Å². The van der Waals surface area contributed by atoms with Gasteiger partial charge in [-0.25, -0.2) is 0 Å². The van der Waals surface area contributed by atoms with Crippen molar-refractivity contribution in [3.05, 3.63) is 55.6 Å². The summed E-state index contributed by atoms with van der Waals surface area (Å²) in [5, 5.41) is 3.74. The standard InChI is InChI=1S/C30H39Br2N3O2.C2H6/c1-3-26(36)34-10-6-20(7-11-34)16-27(37)35-12-8-21(9-13-35)29-28-22(14-19(2)15-25(28)32)4-5-23-17-24(31)18-33-30(23)29;1-2/h14-15,17-18,20-21,29-30,33H,3-13,16H2,1-2H3;1-2H3/t29-,30?;/m1./s1. The summed E-state index contributed by atoms with van der Waals surface area (Å²) in [6, 6.07) is 4.95. The molecule has 2 saturated heterocycles. The van der Waals surface area contributed by atoms with E-state index in [1.54, 1.807) is 0 Å². The first-order valence-corrected chi connectivity index (χ1v) is 16.6. The Balaban J connectivity index is 0.00000172. The second-order valence-electron chi connectivity index (χ2n) is 11.3. The first kappa shape index (κ1) is 30.4. The van der Waals surface area contributed by atoms with E-state index in [9.17, 15) is 9.59 Å². The molecule has 5 nitrogen and oxygen atoms in total. The molecule has 0 bridgehead atoms. The molecule has 5 rings (SSSR count). The Morgan fingerprint density at radius 2 is 1.59 bits per heavy atom. The molecule has 2 atom stereocenters. The fourth-order valence-corrected chi connectivity index (χ4v) is 8.31. The Kier molecular flexibility index (Phi) is 10.8. The highest BCUT2D eigenvalue weighted by Crippen LogP contribution is 2.46. The smallest absolute Gasteiger partial charge is 0.222 e. The lowest BCUT2D eigenvalue weighted by atomic mass is 9.73. The summed E-state index contributed by atoms with van der Waals surface area (Å²) in [7, 11) is 0. The van der Waals surface area contributed by atoms with Gasteiger partial charge in [-0.1, -0.05) is 42.8 Å². The van der Waals surface area contributed by atoms with E-state index in [4.69, 9.17) is 0 Å². The minimum atomic E-state index is 0.238. The fraction of sp³-hybridized carbons (Fsp3) is 0.625. The van der Waals surface area contributed by atoms with Gasteiger partial charge in [-0.3, -0.25) is 9.59 Å². The number of benzene rings is 1. The Morgan fingerprint density at radius 1 is 0.949 bits per heavy atom. The van der Waals surface area contributed by atoms with E-state index in [1.807, 2.05) is 25.7 Å². The van der Waals surface area contributed by atoms with Crippen molar-refractivity contribution < 1.29 is 9.59 Å². The van der Waals surface area contributed by atoms with Crippen molar-refractivity contribution in [2.75, 3.05) is 26.2 Å². The van der Waals surface area contributed by atoms with Crippen molar-refractivity contribution in [1.29, 1.82) is 0 Å². The predicted molar refractivity (Wildman–Crippen MR) is 167 cm³/mol. The number of nitrogens with one attached hydrogen (secondary N) is 1. The number of halogens is 2. The lowest BCUT2D eigenvalue weighted by Crippen LogP contribution is -2.45. The fourth-order valence-electron chi connectivity index (χ4n) is 7.00. The maximum Gasteiger partial charge on any atom is 0.222 e. The number of hydrogen-bond donors (Lipinski definition) is 1. The van der Waals surface area contributed by atoms with E-state index in [0.717, 1.165) is 69.2 Å².